The van der Waals surface area contributed by atoms with Gasteiger partial charge in [-0.3, -0.25) is 5.84 Å². The lowest BCUT2D eigenvalue weighted by atomic mass is 10.2. The normalized spacial score (nSPS) is 10.2. The van der Waals surface area contributed by atoms with Gasteiger partial charge in [-0.15, -0.1) is 0 Å². The molecule has 4 heteroatoms. The van der Waals surface area contributed by atoms with Crippen LogP contribution in [0.4, 0.5) is 5.69 Å². The number of benzene rings is 1. The van der Waals surface area contributed by atoms with Gasteiger partial charge >= 0.3 is 0 Å². The van der Waals surface area contributed by atoms with Crippen LogP contribution in [-0.2, 0) is 0 Å². The molecule has 0 spiro atoms. The zero-order chi connectivity index (χ0) is 9.84. The molecule has 1 aromatic rings. The summed E-state index contributed by atoms with van der Waals surface area (Å²) < 4.78 is 1.08. The second kappa shape index (κ2) is 4.60. The van der Waals surface area contributed by atoms with E-state index in [1.165, 1.54) is 11.3 Å². The Morgan fingerprint density at radius 2 is 2.23 bits per heavy atom. The van der Waals surface area contributed by atoms with E-state index in [0.717, 1.165) is 4.47 Å². The van der Waals surface area contributed by atoms with Gasteiger partial charge in [0.15, 0.2) is 0 Å². The second-order valence-corrected chi connectivity index (χ2v) is 3.91. The quantitative estimate of drug-likeness (QED) is 0.482. The number of aryl methyl sites for hydroxylation is 1. The summed E-state index contributed by atoms with van der Waals surface area (Å²) >= 11 is 3.44. The highest BCUT2D eigenvalue weighted by Gasteiger charge is 2.03. The molecule has 1 aromatic carbocycles. The van der Waals surface area contributed by atoms with E-state index in [1.54, 1.807) is 0 Å². The van der Waals surface area contributed by atoms with E-state index < -0.39 is 0 Å². The lowest BCUT2D eigenvalue weighted by molar-refractivity contribution is 0.716. The Hall–Kier alpha value is -0.580. The molecule has 13 heavy (non-hydrogen) atoms. The molecule has 3 N–H and O–H groups in total. The molecule has 1 rings (SSSR count). The minimum absolute atomic E-state index is 0.636. The molecule has 0 radical (unpaired) electrons. The van der Waals surface area contributed by atoms with Crippen LogP contribution in [0.3, 0.4) is 0 Å². The predicted molar refractivity (Wildman–Crippen MR) is 59.5 cm³/mol. The van der Waals surface area contributed by atoms with Crippen molar-refractivity contribution in [2.75, 3.05) is 18.6 Å². The first-order valence-electron chi connectivity index (χ1n) is 4.06. The molecule has 0 atom stereocenters. The van der Waals surface area contributed by atoms with Gasteiger partial charge in [0.25, 0.3) is 0 Å². The number of anilines is 1. The number of hydrogen-bond donors (Lipinski definition) is 2. The van der Waals surface area contributed by atoms with Gasteiger partial charge in [0, 0.05) is 17.2 Å². The zero-order valence-corrected chi connectivity index (χ0v) is 9.43. The van der Waals surface area contributed by atoms with Crippen LogP contribution >= 0.6 is 15.9 Å². The Bertz CT molecular complexity index is 288. The maximum Gasteiger partial charge on any atom is 0.0805 e. The fourth-order valence-electron chi connectivity index (χ4n) is 1.22. The van der Waals surface area contributed by atoms with Crippen LogP contribution in [0.5, 0.6) is 0 Å². The van der Waals surface area contributed by atoms with Crippen molar-refractivity contribution in [3.8, 4) is 0 Å². The van der Waals surface area contributed by atoms with Crippen molar-refractivity contribution >= 4 is 21.6 Å². The summed E-state index contributed by atoms with van der Waals surface area (Å²) in [6.45, 7) is 2.71. The predicted octanol–water partition coefficient (Wildman–Crippen LogP) is 1.61. The molecule has 0 aliphatic heterocycles. The molecule has 0 saturated heterocycles. The van der Waals surface area contributed by atoms with Crippen LogP contribution in [0.25, 0.3) is 0 Å². The summed E-state index contributed by atoms with van der Waals surface area (Å²) in [5.74, 6) is 5.25. The third-order valence-corrected chi connectivity index (χ3v) is 2.40. The Kier molecular flexibility index (Phi) is 3.71. The van der Waals surface area contributed by atoms with Crippen molar-refractivity contribution in [3.05, 3.63) is 28.2 Å². The van der Waals surface area contributed by atoms with Gasteiger partial charge in [0.05, 0.1) is 6.67 Å². The molecule has 0 aromatic heterocycles. The van der Waals surface area contributed by atoms with Gasteiger partial charge in [-0.05, 0) is 24.6 Å². The van der Waals surface area contributed by atoms with Crippen molar-refractivity contribution in [2.24, 2.45) is 5.84 Å². The van der Waals surface area contributed by atoms with Crippen LogP contribution in [0.1, 0.15) is 5.56 Å². The van der Waals surface area contributed by atoms with E-state index in [2.05, 4.69) is 45.3 Å². The number of nitrogens with two attached hydrogens (primary N) is 1. The van der Waals surface area contributed by atoms with Gasteiger partial charge < -0.3 is 4.90 Å². The Morgan fingerprint density at radius 3 is 2.85 bits per heavy atom. The molecule has 0 saturated carbocycles. The first kappa shape index (κ1) is 10.5. The van der Waals surface area contributed by atoms with E-state index in [0.29, 0.717) is 6.67 Å². The molecule has 3 nitrogen and oxygen atoms in total. The van der Waals surface area contributed by atoms with E-state index in [1.807, 2.05) is 13.1 Å². The molecular formula is C9H14BrN3. The second-order valence-electron chi connectivity index (χ2n) is 2.99. The molecule has 0 aliphatic rings. The van der Waals surface area contributed by atoms with Gasteiger partial charge in [-0.2, -0.15) is 0 Å². The number of nitrogens with one attached hydrogen (secondary N) is 1. The summed E-state index contributed by atoms with van der Waals surface area (Å²) in [4.78, 5) is 2.06. The monoisotopic (exact) mass is 243 g/mol. The SMILES string of the molecule is Cc1ccc(Br)cc1N(C)CNN. The average Bonchev–Trinajstić information content (AvgIpc) is 2.09. The van der Waals surface area contributed by atoms with Crippen molar-refractivity contribution in [2.45, 2.75) is 6.92 Å². The minimum atomic E-state index is 0.636. The summed E-state index contributed by atoms with van der Waals surface area (Å²) in [6.07, 6.45) is 0. The Morgan fingerprint density at radius 1 is 1.54 bits per heavy atom. The van der Waals surface area contributed by atoms with E-state index in [-0.39, 0.29) is 0 Å². The molecule has 0 unspecified atom stereocenters. The average molecular weight is 244 g/mol. The fraction of sp³-hybridized carbons (Fsp3) is 0.333. The molecule has 0 amide bonds. The van der Waals surface area contributed by atoms with Gasteiger partial charge in [-0.25, -0.2) is 5.43 Å². The summed E-state index contributed by atoms with van der Waals surface area (Å²) in [6, 6.07) is 6.18. The molecule has 0 fully saturated rings. The number of halogens is 1. The standard InChI is InChI=1S/C9H14BrN3/c1-7-3-4-8(10)5-9(7)13(2)6-12-11/h3-5,12H,6,11H2,1-2H3. The van der Waals surface area contributed by atoms with E-state index >= 15 is 0 Å². The molecule has 0 aliphatic carbocycles. The highest BCUT2D eigenvalue weighted by molar-refractivity contribution is 9.10. The molecule has 72 valence electrons. The Labute approximate surface area is 87.0 Å². The van der Waals surface area contributed by atoms with Crippen molar-refractivity contribution < 1.29 is 0 Å². The van der Waals surface area contributed by atoms with E-state index in [9.17, 15) is 0 Å². The highest BCUT2D eigenvalue weighted by Crippen LogP contribution is 2.22. The van der Waals surface area contributed by atoms with Crippen molar-refractivity contribution in [3.63, 3.8) is 0 Å². The minimum Gasteiger partial charge on any atom is -0.360 e. The van der Waals surface area contributed by atoms with Crippen LogP contribution in [0, 0.1) is 6.92 Å². The third-order valence-electron chi connectivity index (χ3n) is 1.91. The summed E-state index contributed by atoms with van der Waals surface area (Å²) in [5, 5.41) is 0. The zero-order valence-electron chi connectivity index (χ0n) is 7.84. The number of hydrogen-bond acceptors (Lipinski definition) is 3. The fourth-order valence-corrected chi connectivity index (χ4v) is 1.56. The summed E-state index contributed by atoms with van der Waals surface area (Å²) in [7, 11) is 1.99. The highest BCUT2D eigenvalue weighted by atomic mass is 79.9. The van der Waals surface area contributed by atoms with Gasteiger partial charge in [0.1, 0.15) is 0 Å². The largest absolute Gasteiger partial charge is 0.360 e. The lowest BCUT2D eigenvalue weighted by Crippen LogP contribution is -2.35. The lowest BCUT2D eigenvalue weighted by Gasteiger charge is -2.20. The first-order chi connectivity index (χ1) is 6.15. The smallest absolute Gasteiger partial charge is 0.0805 e. The topological polar surface area (TPSA) is 41.3 Å². The third kappa shape index (κ3) is 2.69. The Balaban J connectivity index is 2.91. The van der Waals surface area contributed by atoms with Crippen LogP contribution in [-0.4, -0.2) is 13.7 Å². The molecule has 0 heterocycles. The number of nitrogens with zero attached hydrogens (tertiary/aromatic N) is 1. The first-order valence-corrected chi connectivity index (χ1v) is 4.85. The maximum atomic E-state index is 5.25. The molecule has 0 bridgehead atoms. The van der Waals surface area contributed by atoms with Crippen molar-refractivity contribution in [1.29, 1.82) is 0 Å². The number of rotatable bonds is 3. The summed E-state index contributed by atoms with van der Waals surface area (Å²) in [5.41, 5.74) is 5.03. The van der Waals surface area contributed by atoms with Gasteiger partial charge in [-0.1, -0.05) is 22.0 Å². The van der Waals surface area contributed by atoms with Crippen molar-refractivity contribution in [1.82, 2.24) is 5.43 Å². The van der Waals surface area contributed by atoms with E-state index in [4.69, 9.17) is 5.84 Å². The van der Waals surface area contributed by atoms with Crippen LogP contribution in [0.15, 0.2) is 22.7 Å². The maximum absolute atomic E-state index is 5.25. The van der Waals surface area contributed by atoms with Crippen LogP contribution < -0.4 is 16.2 Å². The van der Waals surface area contributed by atoms with Gasteiger partial charge in [0.2, 0.25) is 0 Å². The van der Waals surface area contributed by atoms with Crippen LogP contribution in [0.2, 0.25) is 0 Å². The molecular weight excluding hydrogens is 230 g/mol. The number of hydrazine groups is 1.